The van der Waals surface area contributed by atoms with Gasteiger partial charge in [-0.2, -0.15) is 15.4 Å². The summed E-state index contributed by atoms with van der Waals surface area (Å²) in [7, 11) is -4.56. The second-order valence-electron chi connectivity index (χ2n) is 14.7. The SMILES string of the molecule is CC1CCC(COC(=O)[C@H](C)NP(=O)(OC[C@@]2(C#N)O[C@@H](c3ccc4c(N)ccnn34)[C@H](OC(=O)C(C)C)[C@@H]2OC(=O)C(C)C)Oc2ccccc2)CC1. The summed E-state index contributed by atoms with van der Waals surface area (Å²) in [6.07, 6.45) is 1.24. The molecule has 0 spiro atoms. The first-order valence-electron chi connectivity index (χ1n) is 18.3. The van der Waals surface area contributed by atoms with E-state index in [1.54, 1.807) is 64.1 Å². The first-order valence-corrected chi connectivity index (χ1v) is 19.9. The third kappa shape index (κ3) is 9.41. The number of nitrogens with one attached hydrogen (secondary N) is 1. The molecule has 1 saturated carbocycles. The van der Waals surface area contributed by atoms with Crippen molar-refractivity contribution in [1.82, 2.24) is 14.7 Å². The second-order valence-corrected chi connectivity index (χ2v) is 16.4. The molecule has 1 saturated heterocycles. The number of nitrogen functional groups attached to an aromatic ring is 1. The normalized spacial score (nSPS) is 25.8. The van der Waals surface area contributed by atoms with E-state index in [4.69, 9.17) is 33.7 Å². The van der Waals surface area contributed by atoms with Crippen LogP contribution in [0.2, 0.25) is 0 Å². The molecule has 1 unspecified atom stereocenters. The molecule has 2 aromatic heterocycles. The number of nitrogens with zero attached hydrogens (tertiary/aromatic N) is 3. The molecule has 0 radical (unpaired) electrons. The molecule has 15 nitrogen and oxygen atoms in total. The van der Waals surface area contributed by atoms with Crippen LogP contribution >= 0.6 is 7.75 Å². The van der Waals surface area contributed by atoms with Gasteiger partial charge in [-0.1, -0.05) is 65.7 Å². The fourth-order valence-electron chi connectivity index (χ4n) is 6.34. The van der Waals surface area contributed by atoms with Crippen LogP contribution < -0.4 is 15.3 Å². The van der Waals surface area contributed by atoms with Crippen LogP contribution in [-0.2, 0) is 42.4 Å². The molecule has 1 aromatic carbocycles. The molecule has 3 heterocycles. The monoisotopic (exact) mass is 767 g/mol. The minimum absolute atomic E-state index is 0.135. The highest BCUT2D eigenvalue weighted by molar-refractivity contribution is 7.52. The number of fused-ring (bicyclic) bond motifs is 1. The molecule has 3 N–H and O–H groups in total. The summed E-state index contributed by atoms with van der Waals surface area (Å²) in [6, 6.07) is 13.9. The molecule has 2 aliphatic rings. The molecular formula is C38H50N5O10P. The third-order valence-electron chi connectivity index (χ3n) is 9.65. The van der Waals surface area contributed by atoms with E-state index in [9.17, 15) is 24.2 Å². The average molecular weight is 768 g/mol. The Morgan fingerprint density at radius 3 is 2.31 bits per heavy atom. The van der Waals surface area contributed by atoms with Crippen molar-refractivity contribution < 1.29 is 46.9 Å². The van der Waals surface area contributed by atoms with Crippen LogP contribution in [0.25, 0.3) is 5.52 Å². The lowest BCUT2D eigenvalue weighted by molar-refractivity contribution is -0.173. The predicted octanol–water partition coefficient (Wildman–Crippen LogP) is 5.94. The molecule has 0 amide bonds. The predicted molar refractivity (Wildman–Crippen MR) is 197 cm³/mol. The van der Waals surface area contributed by atoms with Crippen LogP contribution in [0.15, 0.2) is 54.7 Å². The summed E-state index contributed by atoms with van der Waals surface area (Å²) in [6.45, 7) is 9.52. The number of hydrogen-bond acceptors (Lipinski definition) is 13. The van der Waals surface area contributed by atoms with Crippen LogP contribution in [0, 0.1) is 35.0 Å². The number of hydrogen-bond donors (Lipinski definition) is 2. The largest absolute Gasteiger partial charge is 0.464 e. The number of para-hydroxylation sites is 1. The van der Waals surface area contributed by atoms with Crippen molar-refractivity contribution in [3.63, 3.8) is 0 Å². The number of benzene rings is 1. The van der Waals surface area contributed by atoms with Gasteiger partial charge >= 0.3 is 25.7 Å². The van der Waals surface area contributed by atoms with E-state index in [1.807, 2.05) is 0 Å². The first kappa shape index (κ1) is 40.7. The van der Waals surface area contributed by atoms with Gasteiger partial charge in [0.15, 0.2) is 12.2 Å². The smallest absolute Gasteiger partial charge is 0.459 e. The summed E-state index contributed by atoms with van der Waals surface area (Å²) in [5.41, 5.74) is 5.19. The van der Waals surface area contributed by atoms with E-state index in [1.165, 1.54) is 29.8 Å². The first-order chi connectivity index (χ1) is 25.6. The topological polar surface area (TPSA) is 203 Å². The summed E-state index contributed by atoms with van der Waals surface area (Å²) in [5, 5.41) is 17.9. The highest BCUT2D eigenvalue weighted by Gasteiger charge is 2.62. The maximum Gasteiger partial charge on any atom is 0.459 e. The van der Waals surface area contributed by atoms with Crippen LogP contribution in [0.3, 0.4) is 0 Å². The van der Waals surface area contributed by atoms with Gasteiger partial charge in [-0.25, -0.2) is 9.08 Å². The summed E-state index contributed by atoms with van der Waals surface area (Å²) in [5.74, 6) is -2.30. The van der Waals surface area contributed by atoms with E-state index >= 15 is 0 Å². The number of nitriles is 1. The molecule has 1 aliphatic carbocycles. The molecular weight excluding hydrogens is 717 g/mol. The lowest BCUT2D eigenvalue weighted by Crippen LogP contribution is -2.50. The van der Waals surface area contributed by atoms with Gasteiger partial charge in [0, 0.05) is 6.20 Å². The molecule has 54 heavy (non-hydrogen) atoms. The second kappa shape index (κ2) is 17.3. The zero-order valence-corrected chi connectivity index (χ0v) is 32.4. The lowest BCUT2D eigenvalue weighted by Gasteiger charge is -2.31. The van der Waals surface area contributed by atoms with E-state index in [-0.39, 0.29) is 18.3 Å². The number of aromatic nitrogens is 2. The number of esters is 3. The van der Waals surface area contributed by atoms with Gasteiger partial charge in [0.25, 0.3) is 0 Å². The van der Waals surface area contributed by atoms with Crippen LogP contribution in [0.4, 0.5) is 5.69 Å². The zero-order chi connectivity index (χ0) is 39.2. The van der Waals surface area contributed by atoms with Crippen molar-refractivity contribution in [3.05, 3.63) is 60.4 Å². The maximum atomic E-state index is 14.6. The number of rotatable bonds is 15. The fraction of sp³-hybridized carbons (Fsp3) is 0.553. The molecule has 6 atom stereocenters. The number of carbonyl (C=O) groups excluding carboxylic acids is 3. The van der Waals surface area contributed by atoms with Gasteiger partial charge in [0.2, 0.25) is 5.60 Å². The lowest BCUT2D eigenvalue weighted by atomic mass is 9.83. The Labute approximate surface area is 315 Å². The molecule has 0 bridgehead atoms. The molecule has 5 rings (SSSR count). The van der Waals surface area contributed by atoms with E-state index in [2.05, 4.69) is 23.2 Å². The number of ether oxygens (including phenoxy) is 4. The van der Waals surface area contributed by atoms with Crippen LogP contribution in [-0.4, -0.2) is 64.6 Å². The van der Waals surface area contributed by atoms with Crippen LogP contribution in [0.1, 0.15) is 79.0 Å². The van der Waals surface area contributed by atoms with Crippen molar-refractivity contribution in [2.75, 3.05) is 18.9 Å². The standard InChI is InChI=1S/C38H50N5O10P/c1-23(2)35(44)50-33-32(31-17-16-30-29(40)18-19-41-43(30)31)52-38(21-39,34(33)51-36(45)24(3)4)22-49-54(47,53-28-10-8-7-9-11-28)42-26(6)37(46)48-20-27-14-12-25(5)13-15-27/h7-11,16-19,23-27,32-34H,12-15,20,22,40H2,1-6H3,(H,42,47)/t25?,26-,27?,32-,33-,34-,38+,54?/m0/s1. The Bertz CT molecular complexity index is 1870. The molecule has 16 heteroatoms. The van der Waals surface area contributed by atoms with Crippen molar-refractivity contribution >= 4 is 36.9 Å². The minimum atomic E-state index is -4.56. The minimum Gasteiger partial charge on any atom is -0.464 e. The number of carbonyl (C=O) groups is 3. The quantitative estimate of drug-likeness (QED) is 0.105. The summed E-state index contributed by atoms with van der Waals surface area (Å²) < 4.78 is 51.8. The Balaban J connectivity index is 1.48. The molecule has 2 fully saturated rings. The highest BCUT2D eigenvalue weighted by atomic mass is 31.2. The third-order valence-corrected chi connectivity index (χ3v) is 11.3. The molecule has 292 valence electrons. The van der Waals surface area contributed by atoms with E-state index in [0.717, 1.165) is 25.7 Å². The van der Waals surface area contributed by atoms with Gasteiger partial charge in [0.1, 0.15) is 30.6 Å². The molecule has 1 aliphatic heterocycles. The number of nitrogens with two attached hydrogens (primary N) is 1. The zero-order valence-electron chi connectivity index (χ0n) is 31.5. The van der Waals surface area contributed by atoms with Gasteiger partial charge in [0.05, 0.1) is 35.3 Å². The van der Waals surface area contributed by atoms with Crippen molar-refractivity contribution in [2.24, 2.45) is 23.7 Å². The van der Waals surface area contributed by atoms with Crippen LogP contribution in [0.5, 0.6) is 5.75 Å². The fourth-order valence-corrected chi connectivity index (χ4v) is 7.86. The summed E-state index contributed by atoms with van der Waals surface area (Å²) >= 11 is 0. The van der Waals surface area contributed by atoms with Crippen molar-refractivity contribution in [3.8, 4) is 11.8 Å². The van der Waals surface area contributed by atoms with Gasteiger partial charge < -0.3 is 29.2 Å². The van der Waals surface area contributed by atoms with Crippen molar-refractivity contribution in [1.29, 1.82) is 5.26 Å². The van der Waals surface area contributed by atoms with E-state index in [0.29, 0.717) is 22.8 Å². The number of anilines is 1. The van der Waals surface area contributed by atoms with Gasteiger partial charge in [-0.3, -0.25) is 18.9 Å². The Morgan fingerprint density at radius 2 is 1.67 bits per heavy atom. The Hall–Kier alpha value is -4.48. The van der Waals surface area contributed by atoms with E-state index < -0.39 is 74.1 Å². The summed E-state index contributed by atoms with van der Waals surface area (Å²) in [4.78, 5) is 39.6. The Kier molecular flexibility index (Phi) is 13.1. The Morgan fingerprint density at radius 1 is 1.00 bits per heavy atom. The van der Waals surface area contributed by atoms with Gasteiger partial charge in [-0.05, 0) is 61.9 Å². The highest BCUT2D eigenvalue weighted by Crippen LogP contribution is 2.50. The molecule has 3 aromatic rings. The maximum absolute atomic E-state index is 14.6. The van der Waals surface area contributed by atoms with Gasteiger partial charge in [-0.15, -0.1) is 0 Å². The average Bonchev–Trinajstić information content (AvgIpc) is 3.70. The van der Waals surface area contributed by atoms with Crippen molar-refractivity contribution in [2.45, 2.75) is 97.2 Å².